The van der Waals surface area contributed by atoms with Gasteiger partial charge >= 0.3 is 0 Å². The maximum absolute atomic E-state index is 13.1. The molecule has 1 saturated heterocycles. The van der Waals surface area contributed by atoms with Gasteiger partial charge in [0.15, 0.2) is 11.5 Å². The van der Waals surface area contributed by atoms with Crippen molar-refractivity contribution in [2.24, 2.45) is 0 Å². The summed E-state index contributed by atoms with van der Waals surface area (Å²) >= 11 is 6.29. The second-order valence-corrected chi connectivity index (χ2v) is 9.07. The van der Waals surface area contributed by atoms with E-state index in [1.54, 1.807) is 19.2 Å². The Kier molecular flexibility index (Phi) is 5.65. The van der Waals surface area contributed by atoms with Crippen LogP contribution in [0.2, 0.25) is 5.02 Å². The van der Waals surface area contributed by atoms with Crippen LogP contribution >= 0.6 is 11.6 Å². The summed E-state index contributed by atoms with van der Waals surface area (Å²) in [5.74, 6) is 2.20. The van der Waals surface area contributed by atoms with Crippen LogP contribution in [-0.2, 0) is 0 Å². The van der Waals surface area contributed by atoms with Gasteiger partial charge in [-0.15, -0.1) is 10.2 Å². The number of hydrogen-bond acceptors (Lipinski definition) is 6. The molecule has 180 valence electrons. The fraction of sp³-hybridized carbons (Fsp3) is 0.185. The van der Waals surface area contributed by atoms with E-state index in [9.17, 15) is 4.79 Å². The normalized spacial score (nSPS) is 13.9. The zero-order valence-electron chi connectivity index (χ0n) is 19.6. The summed E-state index contributed by atoms with van der Waals surface area (Å²) in [7, 11) is 1.61. The molecule has 36 heavy (non-hydrogen) atoms. The van der Waals surface area contributed by atoms with Crippen molar-refractivity contribution in [3.63, 3.8) is 0 Å². The van der Waals surface area contributed by atoms with E-state index < -0.39 is 0 Å². The molecule has 0 atom stereocenters. The van der Waals surface area contributed by atoms with Crippen LogP contribution in [0, 0.1) is 0 Å². The first-order chi connectivity index (χ1) is 17.6. The van der Waals surface area contributed by atoms with E-state index in [0.29, 0.717) is 36.8 Å². The SMILES string of the molecule is COc1ccc(C(=O)N2CCN(c3nc4cc(Cl)ccc4c4nnc(-c5ccccc5)n34)CC2)cc1. The minimum atomic E-state index is 0.00924. The number of ether oxygens (including phenoxy) is 1. The summed E-state index contributed by atoms with van der Waals surface area (Å²) in [5, 5.41) is 10.6. The molecule has 2 aromatic heterocycles. The van der Waals surface area contributed by atoms with E-state index in [2.05, 4.69) is 15.1 Å². The number of amides is 1. The third-order valence-corrected chi connectivity index (χ3v) is 6.74. The molecule has 0 aliphatic carbocycles. The van der Waals surface area contributed by atoms with Crippen LogP contribution in [0.3, 0.4) is 0 Å². The Hall–Kier alpha value is -4.17. The van der Waals surface area contributed by atoms with Crippen LogP contribution in [0.4, 0.5) is 5.95 Å². The maximum Gasteiger partial charge on any atom is 0.253 e. The standard InChI is InChI=1S/C27H23ClN6O2/c1-36-21-10-7-19(8-11-21)26(35)32-13-15-33(16-14-32)27-29-23-17-20(28)9-12-22(23)25-31-30-24(34(25)27)18-5-3-2-4-6-18/h2-12,17H,13-16H2,1H3. The average molecular weight is 499 g/mol. The maximum atomic E-state index is 13.1. The summed E-state index contributed by atoms with van der Waals surface area (Å²) in [6, 6.07) is 22.8. The molecular formula is C27H23ClN6O2. The summed E-state index contributed by atoms with van der Waals surface area (Å²) in [4.78, 5) is 22.1. The molecule has 0 N–H and O–H groups in total. The fourth-order valence-corrected chi connectivity index (χ4v) is 4.77. The van der Waals surface area contributed by atoms with Gasteiger partial charge in [0.1, 0.15) is 5.75 Å². The van der Waals surface area contributed by atoms with Gasteiger partial charge in [-0.1, -0.05) is 41.9 Å². The highest BCUT2D eigenvalue weighted by atomic mass is 35.5. The lowest BCUT2D eigenvalue weighted by Crippen LogP contribution is -2.49. The van der Waals surface area contributed by atoms with Crippen molar-refractivity contribution in [1.29, 1.82) is 0 Å². The highest BCUT2D eigenvalue weighted by Crippen LogP contribution is 2.30. The Labute approximate surface area is 212 Å². The van der Waals surface area contributed by atoms with Crippen molar-refractivity contribution in [3.05, 3.63) is 83.4 Å². The molecule has 6 rings (SSSR count). The van der Waals surface area contributed by atoms with E-state index in [1.807, 2.05) is 70.0 Å². The number of carbonyl (C=O) groups excluding carboxylic acids is 1. The summed E-state index contributed by atoms with van der Waals surface area (Å²) < 4.78 is 7.21. The van der Waals surface area contributed by atoms with Crippen LogP contribution in [0.5, 0.6) is 5.75 Å². The number of carbonyl (C=O) groups is 1. The minimum Gasteiger partial charge on any atom is -0.497 e. The topological polar surface area (TPSA) is 75.9 Å². The largest absolute Gasteiger partial charge is 0.497 e. The highest BCUT2D eigenvalue weighted by molar-refractivity contribution is 6.31. The number of aromatic nitrogens is 4. The molecule has 0 bridgehead atoms. The number of halogens is 1. The van der Waals surface area contributed by atoms with Gasteiger partial charge in [0, 0.05) is 47.7 Å². The summed E-state index contributed by atoms with van der Waals surface area (Å²) in [6.45, 7) is 2.40. The molecule has 8 nitrogen and oxygen atoms in total. The van der Waals surface area contributed by atoms with Crippen LogP contribution < -0.4 is 9.64 Å². The predicted octanol–water partition coefficient (Wildman–Crippen LogP) is 4.57. The van der Waals surface area contributed by atoms with Gasteiger partial charge < -0.3 is 14.5 Å². The molecule has 3 heterocycles. The van der Waals surface area contributed by atoms with Crippen molar-refractivity contribution in [2.45, 2.75) is 0 Å². The number of benzene rings is 3. The third kappa shape index (κ3) is 3.89. The van der Waals surface area contributed by atoms with Gasteiger partial charge in [0.25, 0.3) is 5.91 Å². The van der Waals surface area contributed by atoms with Gasteiger partial charge in [-0.3, -0.25) is 4.79 Å². The molecule has 0 unspecified atom stereocenters. The summed E-state index contributed by atoms with van der Waals surface area (Å²) in [5.41, 5.74) is 3.08. The predicted molar refractivity (Wildman–Crippen MR) is 140 cm³/mol. The number of fused-ring (bicyclic) bond motifs is 3. The van der Waals surface area contributed by atoms with Crippen molar-refractivity contribution in [3.8, 4) is 17.1 Å². The second kappa shape index (κ2) is 9.13. The molecule has 0 saturated carbocycles. The van der Waals surface area contributed by atoms with Crippen molar-refractivity contribution >= 4 is 40.0 Å². The molecular weight excluding hydrogens is 476 g/mol. The molecule has 3 aromatic carbocycles. The van der Waals surface area contributed by atoms with Crippen LogP contribution in [0.1, 0.15) is 10.4 Å². The lowest BCUT2D eigenvalue weighted by molar-refractivity contribution is 0.0746. The highest BCUT2D eigenvalue weighted by Gasteiger charge is 2.26. The Morgan fingerprint density at radius 1 is 0.917 bits per heavy atom. The molecule has 5 aromatic rings. The van der Waals surface area contributed by atoms with Gasteiger partial charge in [-0.25, -0.2) is 9.38 Å². The Bertz CT molecular complexity index is 1560. The smallest absolute Gasteiger partial charge is 0.253 e. The number of rotatable bonds is 4. The van der Waals surface area contributed by atoms with Crippen molar-refractivity contribution in [1.82, 2.24) is 24.5 Å². The van der Waals surface area contributed by atoms with Crippen LogP contribution in [-0.4, -0.2) is 63.7 Å². The summed E-state index contributed by atoms with van der Waals surface area (Å²) in [6.07, 6.45) is 0. The second-order valence-electron chi connectivity index (χ2n) is 8.63. The Balaban J connectivity index is 1.36. The number of methoxy groups -OCH3 is 1. The first kappa shape index (κ1) is 22.3. The van der Waals surface area contributed by atoms with Gasteiger partial charge in [-0.05, 0) is 42.5 Å². The first-order valence-corrected chi connectivity index (χ1v) is 12.1. The molecule has 0 spiro atoms. The van der Waals surface area contributed by atoms with Gasteiger partial charge in [0.05, 0.1) is 12.6 Å². The van der Waals surface area contributed by atoms with Crippen LogP contribution in [0.25, 0.3) is 27.9 Å². The first-order valence-electron chi connectivity index (χ1n) is 11.7. The fourth-order valence-electron chi connectivity index (χ4n) is 4.60. The number of anilines is 1. The molecule has 1 amide bonds. The molecule has 0 radical (unpaired) electrons. The number of nitrogens with zero attached hydrogens (tertiary/aromatic N) is 6. The Morgan fingerprint density at radius 3 is 2.39 bits per heavy atom. The molecule has 1 aliphatic heterocycles. The lowest BCUT2D eigenvalue weighted by Gasteiger charge is -2.35. The molecule has 1 fully saturated rings. The van der Waals surface area contributed by atoms with E-state index in [4.69, 9.17) is 21.3 Å². The zero-order valence-corrected chi connectivity index (χ0v) is 20.4. The van der Waals surface area contributed by atoms with Crippen LogP contribution in [0.15, 0.2) is 72.8 Å². The van der Waals surface area contributed by atoms with Crippen molar-refractivity contribution < 1.29 is 9.53 Å². The third-order valence-electron chi connectivity index (χ3n) is 6.50. The van der Waals surface area contributed by atoms with Gasteiger partial charge in [-0.2, -0.15) is 0 Å². The zero-order chi connectivity index (χ0) is 24.6. The van der Waals surface area contributed by atoms with E-state index in [1.165, 1.54) is 0 Å². The number of piperazine rings is 1. The van der Waals surface area contributed by atoms with Gasteiger partial charge in [0.2, 0.25) is 5.95 Å². The monoisotopic (exact) mass is 498 g/mol. The average Bonchev–Trinajstić information content (AvgIpc) is 3.38. The minimum absolute atomic E-state index is 0.00924. The number of hydrogen-bond donors (Lipinski definition) is 0. The van der Waals surface area contributed by atoms with Crippen molar-refractivity contribution in [2.75, 3.05) is 38.2 Å². The van der Waals surface area contributed by atoms with E-state index >= 15 is 0 Å². The quantitative estimate of drug-likeness (QED) is 0.361. The van der Waals surface area contributed by atoms with E-state index in [0.717, 1.165) is 39.6 Å². The molecule has 1 aliphatic rings. The lowest BCUT2D eigenvalue weighted by atomic mass is 10.1. The Morgan fingerprint density at radius 2 is 1.67 bits per heavy atom. The van der Waals surface area contributed by atoms with E-state index in [-0.39, 0.29) is 5.91 Å². The molecule has 9 heteroatoms.